The fraction of sp³-hybridized carbons (Fsp3) is 0.231. The smallest absolute Gasteiger partial charge is 0.265 e. The molecule has 0 aliphatic heterocycles. The van der Waals surface area contributed by atoms with Crippen LogP contribution in [-0.4, -0.2) is 9.97 Å². The maximum absolute atomic E-state index is 12.9. The molecular weight excluding hydrogens is 250 g/mol. The summed E-state index contributed by atoms with van der Waals surface area (Å²) in [6, 6.07) is 6.14. The molecule has 3 N–H and O–H groups in total. The van der Waals surface area contributed by atoms with E-state index in [0.717, 1.165) is 5.69 Å². The Morgan fingerprint density at radius 1 is 1.32 bits per heavy atom. The first-order valence-corrected chi connectivity index (χ1v) is 5.76. The van der Waals surface area contributed by atoms with Crippen LogP contribution in [-0.2, 0) is 6.54 Å². The highest BCUT2D eigenvalue weighted by Crippen LogP contribution is 2.29. The van der Waals surface area contributed by atoms with Crippen molar-refractivity contribution in [3.8, 4) is 0 Å². The van der Waals surface area contributed by atoms with Crippen molar-refractivity contribution in [2.45, 2.75) is 19.9 Å². The van der Waals surface area contributed by atoms with Gasteiger partial charge in [0.1, 0.15) is 5.82 Å². The number of aromatic nitrogens is 2. The number of nitrogen functional groups attached to an aromatic ring is 1. The molecular formula is C13H14F2N4. The van der Waals surface area contributed by atoms with E-state index in [4.69, 9.17) is 5.73 Å². The molecule has 100 valence electrons. The number of benzene rings is 1. The zero-order valence-corrected chi connectivity index (χ0v) is 10.4. The summed E-state index contributed by atoms with van der Waals surface area (Å²) in [7, 11) is 0. The van der Waals surface area contributed by atoms with Gasteiger partial charge in [-0.2, -0.15) is 0 Å². The van der Waals surface area contributed by atoms with E-state index >= 15 is 0 Å². The van der Waals surface area contributed by atoms with Gasteiger partial charge in [0.25, 0.3) is 6.43 Å². The van der Waals surface area contributed by atoms with Crippen LogP contribution in [0.25, 0.3) is 0 Å². The van der Waals surface area contributed by atoms with Crippen LogP contribution in [0.4, 0.5) is 20.2 Å². The first kappa shape index (κ1) is 13.2. The monoisotopic (exact) mass is 264 g/mol. The van der Waals surface area contributed by atoms with Gasteiger partial charge >= 0.3 is 0 Å². The Balaban J connectivity index is 2.15. The lowest BCUT2D eigenvalue weighted by Gasteiger charge is -2.12. The van der Waals surface area contributed by atoms with Gasteiger partial charge in [-0.3, -0.25) is 0 Å². The Morgan fingerprint density at radius 3 is 2.79 bits per heavy atom. The number of hydrogen-bond acceptors (Lipinski definition) is 4. The van der Waals surface area contributed by atoms with Crippen molar-refractivity contribution in [1.29, 1.82) is 0 Å². The Labute approximate surface area is 109 Å². The van der Waals surface area contributed by atoms with Crippen LogP contribution < -0.4 is 11.1 Å². The van der Waals surface area contributed by atoms with Crippen molar-refractivity contribution in [3.05, 3.63) is 47.5 Å². The lowest BCUT2D eigenvalue weighted by atomic mass is 10.1. The molecule has 0 amide bonds. The number of nitrogens with one attached hydrogen (secondary N) is 1. The van der Waals surface area contributed by atoms with Crippen LogP contribution in [0, 0.1) is 6.92 Å². The van der Waals surface area contributed by atoms with Crippen LogP contribution in [0.3, 0.4) is 0 Å². The standard InChI is InChI=1S/C13H14F2N4/c1-8-17-5-4-10(19-8)7-18-12-3-2-9(16)6-11(12)13(14)15/h2-6,13,18H,7,16H2,1H3. The summed E-state index contributed by atoms with van der Waals surface area (Å²) in [6.45, 7) is 2.13. The van der Waals surface area contributed by atoms with Gasteiger partial charge in [-0.15, -0.1) is 0 Å². The van der Waals surface area contributed by atoms with Crippen molar-refractivity contribution in [3.63, 3.8) is 0 Å². The second-order valence-corrected chi connectivity index (χ2v) is 4.10. The summed E-state index contributed by atoms with van der Waals surface area (Å²) in [5.41, 5.74) is 6.83. The van der Waals surface area contributed by atoms with Crippen molar-refractivity contribution in [2.24, 2.45) is 0 Å². The maximum Gasteiger partial charge on any atom is 0.265 e. The van der Waals surface area contributed by atoms with Gasteiger partial charge in [0, 0.05) is 23.1 Å². The number of hydrogen-bond donors (Lipinski definition) is 2. The molecule has 2 rings (SSSR count). The minimum Gasteiger partial charge on any atom is -0.399 e. The topological polar surface area (TPSA) is 63.8 Å². The predicted octanol–water partition coefficient (Wildman–Crippen LogP) is 2.92. The van der Waals surface area contributed by atoms with Gasteiger partial charge < -0.3 is 11.1 Å². The zero-order valence-electron chi connectivity index (χ0n) is 10.4. The Hall–Kier alpha value is -2.24. The molecule has 0 radical (unpaired) electrons. The van der Waals surface area contributed by atoms with Crippen LogP contribution in [0.15, 0.2) is 30.5 Å². The SMILES string of the molecule is Cc1nccc(CNc2ccc(N)cc2C(F)F)n1. The fourth-order valence-corrected chi connectivity index (χ4v) is 1.71. The quantitative estimate of drug-likeness (QED) is 0.833. The van der Waals surface area contributed by atoms with Gasteiger partial charge in [0.05, 0.1) is 12.2 Å². The minimum absolute atomic E-state index is 0.106. The average molecular weight is 264 g/mol. The largest absolute Gasteiger partial charge is 0.399 e. The van der Waals surface area contributed by atoms with Crippen molar-refractivity contribution < 1.29 is 8.78 Å². The lowest BCUT2D eigenvalue weighted by Crippen LogP contribution is -2.06. The second-order valence-electron chi connectivity index (χ2n) is 4.10. The number of nitrogens with zero attached hydrogens (tertiary/aromatic N) is 2. The van der Waals surface area contributed by atoms with E-state index < -0.39 is 6.43 Å². The van der Waals surface area contributed by atoms with Gasteiger partial charge in [0.2, 0.25) is 0 Å². The fourth-order valence-electron chi connectivity index (χ4n) is 1.71. The molecule has 2 aromatic rings. The molecule has 1 heterocycles. The zero-order chi connectivity index (χ0) is 13.8. The van der Waals surface area contributed by atoms with Crippen molar-refractivity contribution in [1.82, 2.24) is 9.97 Å². The number of alkyl halides is 2. The maximum atomic E-state index is 12.9. The van der Waals surface area contributed by atoms with Crippen molar-refractivity contribution >= 4 is 11.4 Å². The van der Waals surface area contributed by atoms with E-state index in [0.29, 0.717) is 23.7 Å². The Kier molecular flexibility index (Phi) is 3.89. The number of halogens is 2. The summed E-state index contributed by atoms with van der Waals surface area (Å²) in [5.74, 6) is 0.644. The normalized spacial score (nSPS) is 10.7. The Morgan fingerprint density at radius 2 is 2.11 bits per heavy atom. The van der Waals surface area contributed by atoms with Gasteiger partial charge in [-0.1, -0.05) is 0 Å². The lowest BCUT2D eigenvalue weighted by molar-refractivity contribution is 0.152. The third-order valence-corrected chi connectivity index (χ3v) is 2.60. The van der Waals surface area contributed by atoms with E-state index in [1.807, 2.05) is 0 Å². The summed E-state index contributed by atoms with van der Waals surface area (Å²) >= 11 is 0. The third-order valence-electron chi connectivity index (χ3n) is 2.60. The first-order valence-electron chi connectivity index (χ1n) is 5.76. The average Bonchev–Trinajstić information content (AvgIpc) is 2.37. The van der Waals surface area contributed by atoms with Crippen molar-refractivity contribution in [2.75, 3.05) is 11.1 Å². The van der Waals surface area contributed by atoms with Crippen LogP contribution in [0.1, 0.15) is 23.5 Å². The molecule has 1 aromatic heterocycles. The second kappa shape index (κ2) is 5.60. The summed E-state index contributed by atoms with van der Waals surface area (Å²) < 4.78 is 25.8. The molecule has 19 heavy (non-hydrogen) atoms. The summed E-state index contributed by atoms with van der Waals surface area (Å²) in [4.78, 5) is 8.17. The van der Waals surface area contributed by atoms with E-state index in [9.17, 15) is 8.78 Å². The molecule has 0 spiro atoms. The molecule has 1 aromatic carbocycles. The predicted molar refractivity (Wildman–Crippen MR) is 69.9 cm³/mol. The first-order chi connectivity index (χ1) is 9.06. The highest BCUT2D eigenvalue weighted by molar-refractivity contribution is 5.58. The van der Waals surface area contributed by atoms with Crippen LogP contribution in [0.5, 0.6) is 0 Å². The molecule has 0 aliphatic carbocycles. The molecule has 0 unspecified atom stereocenters. The number of aryl methyl sites for hydroxylation is 1. The van der Waals surface area contributed by atoms with Gasteiger partial charge in [-0.05, 0) is 31.2 Å². The molecule has 0 bridgehead atoms. The molecule has 0 saturated heterocycles. The molecule has 6 heteroatoms. The number of rotatable bonds is 4. The minimum atomic E-state index is -2.57. The van der Waals surface area contributed by atoms with E-state index in [-0.39, 0.29) is 5.56 Å². The third kappa shape index (κ3) is 3.37. The highest BCUT2D eigenvalue weighted by atomic mass is 19.3. The number of nitrogens with two attached hydrogens (primary N) is 1. The summed E-state index contributed by atoms with van der Waals surface area (Å²) in [5, 5.41) is 2.94. The molecule has 0 aliphatic rings. The molecule has 4 nitrogen and oxygen atoms in total. The molecule has 0 atom stereocenters. The highest BCUT2D eigenvalue weighted by Gasteiger charge is 2.13. The van der Waals surface area contributed by atoms with E-state index in [1.165, 1.54) is 6.07 Å². The Bertz CT molecular complexity index is 572. The van der Waals surface area contributed by atoms with Crippen LogP contribution >= 0.6 is 0 Å². The van der Waals surface area contributed by atoms with E-state index in [1.54, 1.807) is 31.3 Å². The van der Waals surface area contributed by atoms with E-state index in [2.05, 4.69) is 15.3 Å². The van der Waals surface area contributed by atoms with Crippen LogP contribution in [0.2, 0.25) is 0 Å². The molecule has 0 saturated carbocycles. The number of anilines is 2. The van der Waals surface area contributed by atoms with Gasteiger partial charge in [0.15, 0.2) is 0 Å². The molecule has 0 fully saturated rings. The summed E-state index contributed by atoms with van der Waals surface area (Å²) in [6.07, 6.45) is -0.936. The van der Waals surface area contributed by atoms with Gasteiger partial charge in [-0.25, -0.2) is 18.7 Å².